The van der Waals surface area contributed by atoms with Crippen molar-refractivity contribution in [2.24, 2.45) is 5.73 Å². The third-order valence-electron chi connectivity index (χ3n) is 3.37. The van der Waals surface area contributed by atoms with Crippen molar-refractivity contribution in [3.63, 3.8) is 0 Å². The number of rotatable bonds is 6. The first-order valence-corrected chi connectivity index (χ1v) is 7.28. The Balaban J connectivity index is 1.98. The Morgan fingerprint density at radius 3 is 2.22 bits per heavy atom. The summed E-state index contributed by atoms with van der Waals surface area (Å²) in [5, 5.41) is 0. The van der Waals surface area contributed by atoms with Crippen molar-refractivity contribution in [2.75, 3.05) is 13.7 Å². The van der Waals surface area contributed by atoms with Gasteiger partial charge in [-0.1, -0.05) is 29.8 Å². The molecular weight excluding hydrogens is 292 g/mol. The van der Waals surface area contributed by atoms with Crippen LogP contribution >= 0.6 is 0 Å². The maximum Gasteiger partial charge on any atom is 0.255 e. The topological polar surface area (TPSA) is 72.6 Å². The molecule has 2 rings (SSSR count). The van der Waals surface area contributed by atoms with E-state index in [1.165, 1.54) is 5.56 Å². The standard InChI is InChI=1S/C18H20N2O3/c1-13-3-5-14(6-4-13)11-20(2)18(22)15-7-9-16(10-8-15)23-12-17(19)21/h3-10H,11-12H2,1-2H3,(H2,19,21). The molecule has 120 valence electrons. The molecule has 0 aliphatic heterocycles. The normalized spacial score (nSPS) is 10.2. The van der Waals surface area contributed by atoms with E-state index in [9.17, 15) is 9.59 Å². The predicted octanol–water partition coefficient (Wildman–Crippen LogP) is 2.13. The van der Waals surface area contributed by atoms with E-state index in [1.54, 1.807) is 36.2 Å². The lowest BCUT2D eigenvalue weighted by molar-refractivity contribution is -0.119. The van der Waals surface area contributed by atoms with Crippen molar-refractivity contribution in [3.05, 3.63) is 65.2 Å². The van der Waals surface area contributed by atoms with E-state index < -0.39 is 5.91 Å². The molecule has 0 atom stereocenters. The molecule has 5 heteroatoms. The van der Waals surface area contributed by atoms with Crippen molar-refractivity contribution >= 4 is 11.8 Å². The SMILES string of the molecule is Cc1ccc(CN(C)C(=O)c2ccc(OCC(N)=O)cc2)cc1. The highest BCUT2D eigenvalue weighted by Crippen LogP contribution is 2.14. The van der Waals surface area contributed by atoms with Crippen LogP contribution in [0.25, 0.3) is 0 Å². The Morgan fingerprint density at radius 1 is 1.04 bits per heavy atom. The molecule has 0 aliphatic carbocycles. The van der Waals surface area contributed by atoms with Gasteiger partial charge in [-0.25, -0.2) is 0 Å². The highest BCUT2D eigenvalue weighted by Gasteiger charge is 2.12. The van der Waals surface area contributed by atoms with Crippen molar-refractivity contribution in [2.45, 2.75) is 13.5 Å². The Bertz CT molecular complexity index is 678. The largest absolute Gasteiger partial charge is 0.484 e. The summed E-state index contributed by atoms with van der Waals surface area (Å²) in [5.74, 6) is -0.114. The van der Waals surface area contributed by atoms with E-state index in [0.29, 0.717) is 17.9 Å². The zero-order valence-corrected chi connectivity index (χ0v) is 13.3. The zero-order chi connectivity index (χ0) is 16.8. The third-order valence-corrected chi connectivity index (χ3v) is 3.37. The van der Waals surface area contributed by atoms with Gasteiger partial charge in [0.2, 0.25) is 0 Å². The number of carbonyl (C=O) groups is 2. The monoisotopic (exact) mass is 312 g/mol. The summed E-state index contributed by atoms with van der Waals surface area (Å²) in [6.45, 7) is 2.39. The first-order valence-electron chi connectivity index (χ1n) is 7.28. The highest BCUT2D eigenvalue weighted by molar-refractivity contribution is 5.94. The number of hydrogen-bond acceptors (Lipinski definition) is 3. The number of nitrogens with two attached hydrogens (primary N) is 1. The molecule has 0 radical (unpaired) electrons. The van der Waals surface area contributed by atoms with Gasteiger partial charge in [-0.05, 0) is 36.8 Å². The fraction of sp³-hybridized carbons (Fsp3) is 0.222. The van der Waals surface area contributed by atoms with Gasteiger partial charge in [0.05, 0.1) is 0 Å². The summed E-state index contributed by atoms with van der Waals surface area (Å²) in [7, 11) is 1.76. The van der Waals surface area contributed by atoms with Crippen LogP contribution in [0.3, 0.4) is 0 Å². The molecule has 0 bridgehead atoms. The van der Waals surface area contributed by atoms with Gasteiger partial charge >= 0.3 is 0 Å². The highest BCUT2D eigenvalue weighted by atomic mass is 16.5. The average molecular weight is 312 g/mol. The summed E-state index contributed by atoms with van der Waals surface area (Å²) < 4.78 is 5.17. The second-order valence-corrected chi connectivity index (χ2v) is 5.43. The van der Waals surface area contributed by atoms with Gasteiger partial charge in [0.25, 0.3) is 11.8 Å². The second kappa shape index (κ2) is 7.45. The number of carbonyl (C=O) groups excluding carboxylic acids is 2. The number of hydrogen-bond donors (Lipinski definition) is 1. The lowest BCUT2D eigenvalue weighted by Gasteiger charge is -2.17. The third kappa shape index (κ3) is 4.85. The molecule has 0 fully saturated rings. The number of benzene rings is 2. The van der Waals surface area contributed by atoms with Crippen LogP contribution in [0.1, 0.15) is 21.5 Å². The second-order valence-electron chi connectivity index (χ2n) is 5.43. The molecule has 0 heterocycles. The molecule has 2 aromatic rings. The van der Waals surface area contributed by atoms with Crippen molar-refractivity contribution in [1.29, 1.82) is 0 Å². The van der Waals surface area contributed by atoms with Crippen LogP contribution in [0.5, 0.6) is 5.75 Å². The summed E-state index contributed by atoms with van der Waals surface area (Å²) in [6.07, 6.45) is 0. The van der Waals surface area contributed by atoms with Crippen LogP contribution in [-0.2, 0) is 11.3 Å². The molecule has 2 N–H and O–H groups in total. The molecule has 2 aromatic carbocycles. The minimum absolute atomic E-state index is 0.0768. The van der Waals surface area contributed by atoms with Crippen LogP contribution < -0.4 is 10.5 Å². The number of amides is 2. The maximum absolute atomic E-state index is 12.4. The summed E-state index contributed by atoms with van der Waals surface area (Å²) in [6, 6.07) is 14.7. The van der Waals surface area contributed by atoms with Crippen molar-refractivity contribution < 1.29 is 14.3 Å². The number of nitrogens with zero attached hydrogens (tertiary/aromatic N) is 1. The minimum Gasteiger partial charge on any atom is -0.484 e. The van der Waals surface area contributed by atoms with E-state index in [0.717, 1.165) is 5.56 Å². The van der Waals surface area contributed by atoms with Crippen LogP contribution in [-0.4, -0.2) is 30.4 Å². The first-order chi connectivity index (χ1) is 11.0. The fourth-order valence-corrected chi connectivity index (χ4v) is 2.11. The van der Waals surface area contributed by atoms with E-state index >= 15 is 0 Å². The van der Waals surface area contributed by atoms with Gasteiger partial charge in [0.1, 0.15) is 5.75 Å². The van der Waals surface area contributed by atoms with Gasteiger partial charge < -0.3 is 15.4 Å². The van der Waals surface area contributed by atoms with E-state index in [2.05, 4.69) is 0 Å². The maximum atomic E-state index is 12.4. The molecule has 2 amide bonds. The van der Waals surface area contributed by atoms with Gasteiger partial charge in [-0.2, -0.15) is 0 Å². The molecule has 0 aromatic heterocycles. The Morgan fingerprint density at radius 2 is 1.65 bits per heavy atom. The van der Waals surface area contributed by atoms with Crippen LogP contribution in [0.2, 0.25) is 0 Å². The summed E-state index contributed by atoms with van der Waals surface area (Å²) in [4.78, 5) is 24.7. The summed E-state index contributed by atoms with van der Waals surface area (Å²) >= 11 is 0. The van der Waals surface area contributed by atoms with Crippen LogP contribution in [0.4, 0.5) is 0 Å². The number of aryl methyl sites for hydroxylation is 1. The van der Waals surface area contributed by atoms with Gasteiger partial charge in [-0.15, -0.1) is 0 Å². The molecule has 0 aliphatic rings. The molecule has 5 nitrogen and oxygen atoms in total. The number of ether oxygens (including phenoxy) is 1. The molecular formula is C18H20N2O3. The molecule has 0 saturated heterocycles. The van der Waals surface area contributed by atoms with E-state index in [-0.39, 0.29) is 12.5 Å². The Hall–Kier alpha value is -2.82. The number of primary amides is 1. The quantitative estimate of drug-likeness (QED) is 0.888. The van der Waals surface area contributed by atoms with Crippen molar-refractivity contribution in [1.82, 2.24) is 4.90 Å². The van der Waals surface area contributed by atoms with Crippen molar-refractivity contribution in [3.8, 4) is 5.75 Å². The first kappa shape index (κ1) is 16.5. The van der Waals surface area contributed by atoms with E-state index in [1.807, 2.05) is 31.2 Å². The fourth-order valence-electron chi connectivity index (χ4n) is 2.11. The smallest absolute Gasteiger partial charge is 0.255 e. The lowest BCUT2D eigenvalue weighted by atomic mass is 10.1. The van der Waals surface area contributed by atoms with Crippen LogP contribution in [0.15, 0.2) is 48.5 Å². The Labute approximate surface area is 135 Å². The van der Waals surface area contributed by atoms with E-state index in [4.69, 9.17) is 10.5 Å². The van der Waals surface area contributed by atoms with Gasteiger partial charge in [0.15, 0.2) is 6.61 Å². The summed E-state index contributed by atoms with van der Waals surface area (Å²) in [5.41, 5.74) is 7.84. The van der Waals surface area contributed by atoms with Crippen LogP contribution in [0, 0.1) is 6.92 Å². The molecule has 0 spiro atoms. The average Bonchev–Trinajstić information content (AvgIpc) is 2.55. The zero-order valence-electron chi connectivity index (χ0n) is 13.3. The molecule has 0 unspecified atom stereocenters. The molecule has 0 saturated carbocycles. The van der Waals surface area contributed by atoms with Gasteiger partial charge in [-0.3, -0.25) is 9.59 Å². The minimum atomic E-state index is -0.539. The van der Waals surface area contributed by atoms with Gasteiger partial charge in [0, 0.05) is 19.2 Å². The Kier molecular flexibility index (Phi) is 5.36. The predicted molar refractivity (Wildman–Crippen MR) is 88.1 cm³/mol. The lowest BCUT2D eigenvalue weighted by Crippen LogP contribution is -2.26. The molecule has 23 heavy (non-hydrogen) atoms.